The topological polar surface area (TPSA) is 21.3 Å². The highest BCUT2D eigenvalue weighted by molar-refractivity contribution is 5.32. The number of unbranched alkanes of at least 4 members (excludes halogenated alkanes) is 2. The van der Waals surface area contributed by atoms with Gasteiger partial charge in [0.1, 0.15) is 5.75 Å². The minimum atomic E-state index is 0.840. The van der Waals surface area contributed by atoms with E-state index >= 15 is 0 Å². The molecule has 1 saturated carbocycles. The van der Waals surface area contributed by atoms with Gasteiger partial charge in [0.05, 0.1) is 6.61 Å². The quantitative estimate of drug-likeness (QED) is 0.709. The second-order valence-corrected chi connectivity index (χ2v) is 5.46. The number of aryl methyl sites for hydroxylation is 2. The molecule has 2 rings (SSSR count). The zero-order valence-electron chi connectivity index (χ0n) is 11.7. The van der Waals surface area contributed by atoms with Gasteiger partial charge in [0, 0.05) is 6.04 Å². The van der Waals surface area contributed by atoms with Crippen molar-refractivity contribution in [2.45, 2.75) is 52.0 Å². The summed E-state index contributed by atoms with van der Waals surface area (Å²) >= 11 is 0. The number of benzene rings is 1. The summed E-state index contributed by atoms with van der Waals surface area (Å²) in [5.41, 5.74) is 2.55. The first-order valence-corrected chi connectivity index (χ1v) is 7.18. The van der Waals surface area contributed by atoms with Gasteiger partial charge in [-0.3, -0.25) is 0 Å². The fourth-order valence-corrected chi connectivity index (χ4v) is 2.20. The van der Waals surface area contributed by atoms with E-state index in [4.69, 9.17) is 4.74 Å². The van der Waals surface area contributed by atoms with Gasteiger partial charge in [-0.1, -0.05) is 6.07 Å². The van der Waals surface area contributed by atoms with E-state index in [2.05, 4.69) is 37.4 Å². The summed E-state index contributed by atoms with van der Waals surface area (Å²) in [5.74, 6) is 1.02. The molecular formula is C16H25NO. The Kier molecular flexibility index (Phi) is 5.06. The molecule has 0 radical (unpaired) electrons. The van der Waals surface area contributed by atoms with Crippen LogP contribution < -0.4 is 10.1 Å². The zero-order chi connectivity index (χ0) is 12.8. The largest absolute Gasteiger partial charge is 0.494 e. The summed E-state index contributed by atoms with van der Waals surface area (Å²) in [6.07, 6.45) is 6.45. The predicted molar refractivity (Wildman–Crippen MR) is 76.3 cm³/mol. The third-order valence-electron chi connectivity index (χ3n) is 3.30. The van der Waals surface area contributed by atoms with Gasteiger partial charge in [-0.05, 0) is 75.8 Å². The molecule has 0 spiro atoms. The fraction of sp³-hybridized carbons (Fsp3) is 0.625. The monoisotopic (exact) mass is 247 g/mol. The molecule has 0 saturated heterocycles. The van der Waals surface area contributed by atoms with E-state index in [-0.39, 0.29) is 0 Å². The van der Waals surface area contributed by atoms with Crippen molar-refractivity contribution in [1.82, 2.24) is 5.32 Å². The third kappa shape index (κ3) is 5.09. The van der Waals surface area contributed by atoms with Crippen LogP contribution in [-0.4, -0.2) is 19.2 Å². The molecule has 1 aromatic rings. The Morgan fingerprint density at radius 2 is 1.78 bits per heavy atom. The van der Waals surface area contributed by atoms with Crippen LogP contribution in [0.25, 0.3) is 0 Å². The smallest absolute Gasteiger partial charge is 0.119 e. The van der Waals surface area contributed by atoms with E-state index in [0.717, 1.165) is 24.8 Å². The predicted octanol–water partition coefficient (Wildman–Crippen LogP) is 3.60. The summed E-state index contributed by atoms with van der Waals surface area (Å²) in [6.45, 7) is 6.24. The van der Waals surface area contributed by atoms with Gasteiger partial charge in [0.2, 0.25) is 0 Å². The summed E-state index contributed by atoms with van der Waals surface area (Å²) in [7, 11) is 0. The molecular weight excluding hydrogens is 222 g/mol. The molecule has 0 atom stereocenters. The molecule has 0 aromatic heterocycles. The lowest BCUT2D eigenvalue weighted by Crippen LogP contribution is -2.17. The lowest BCUT2D eigenvalue weighted by Gasteiger charge is -2.08. The molecule has 1 aliphatic rings. The van der Waals surface area contributed by atoms with E-state index in [1.54, 1.807) is 0 Å². The number of hydrogen-bond acceptors (Lipinski definition) is 2. The van der Waals surface area contributed by atoms with Crippen LogP contribution in [0.15, 0.2) is 18.2 Å². The number of ether oxygens (including phenoxy) is 1. The van der Waals surface area contributed by atoms with Gasteiger partial charge in [0.15, 0.2) is 0 Å². The van der Waals surface area contributed by atoms with E-state index in [9.17, 15) is 0 Å². The van der Waals surface area contributed by atoms with Crippen LogP contribution in [0.4, 0.5) is 0 Å². The molecule has 0 unspecified atom stereocenters. The average Bonchev–Trinajstić information content (AvgIpc) is 3.10. The van der Waals surface area contributed by atoms with Crippen molar-refractivity contribution in [1.29, 1.82) is 0 Å². The molecule has 0 aliphatic heterocycles. The maximum Gasteiger partial charge on any atom is 0.119 e. The molecule has 1 fully saturated rings. The van der Waals surface area contributed by atoms with Gasteiger partial charge in [-0.2, -0.15) is 0 Å². The van der Waals surface area contributed by atoms with Crippen molar-refractivity contribution in [3.8, 4) is 5.75 Å². The van der Waals surface area contributed by atoms with Crippen molar-refractivity contribution in [2.24, 2.45) is 0 Å². The van der Waals surface area contributed by atoms with Gasteiger partial charge in [-0.15, -0.1) is 0 Å². The number of rotatable bonds is 8. The summed E-state index contributed by atoms with van der Waals surface area (Å²) in [5, 5.41) is 3.54. The van der Waals surface area contributed by atoms with Gasteiger partial charge in [-0.25, -0.2) is 0 Å². The number of hydrogen-bond donors (Lipinski definition) is 1. The third-order valence-corrected chi connectivity index (χ3v) is 3.30. The van der Waals surface area contributed by atoms with Crippen molar-refractivity contribution in [3.05, 3.63) is 29.3 Å². The highest BCUT2D eigenvalue weighted by atomic mass is 16.5. The fourth-order valence-electron chi connectivity index (χ4n) is 2.20. The van der Waals surface area contributed by atoms with Crippen LogP contribution in [0.1, 0.15) is 43.2 Å². The molecule has 1 N–H and O–H groups in total. The van der Waals surface area contributed by atoms with Crippen molar-refractivity contribution < 1.29 is 4.74 Å². The lowest BCUT2D eigenvalue weighted by molar-refractivity contribution is 0.304. The van der Waals surface area contributed by atoms with Crippen LogP contribution in [-0.2, 0) is 0 Å². The minimum Gasteiger partial charge on any atom is -0.494 e. The molecule has 0 heterocycles. The maximum absolute atomic E-state index is 5.79. The molecule has 1 aliphatic carbocycles. The van der Waals surface area contributed by atoms with Gasteiger partial charge >= 0.3 is 0 Å². The molecule has 2 nitrogen and oxygen atoms in total. The first kappa shape index (κ1) is 13.4. The molecule has 18 heavy (non-hydrogen) atoms. The summed E-state index contributed by atoms with van der Waals surface area (Å²) in [4.78, 5) is 0. The highest BCUT2D eigenvalue weighted by Crippen LogP contribution is 2.18. The highest BCUT2D eigenvalue weighted by Gasteiger charge is 2.19. The Balaban J connectivity index is 1.53. The summed E-state index contributed by atoms with van der Waals surface area (Å²) in [6, 6.07) is 7.25. The van der Waals surface area contributed by atoms with E-state index < -0.39 is 0 Å². The number of nitrogens with one attached hydrogen (secondary N) is 1. The normalized spacial score (nSPS) is 14.8. The minimum absolute atomic E-state index is 0.840. The molecule has 1 aromatic carbocycles. The Morgan fingerprint density at radius 1 is 1.06 bits per heavy atom. The van der Waals surface area contributed by atoms with Crippen molar-refractivity contribution >= 4 is 0 Å². The molecule has 0 bridgehead atoms. The molecule has 100 valence electrons. The Bertz CT molecular complexity index is 351. The second-order valence-electron chi connectivity index (χ2n) is 5.46. The van der Waals surface area contributed by atoms with Crippen LogP contribution in [0.2, 0.25) is 0 Å². The van der Waals surface area contributed by atoms with E-state index in [0.29, 0.717) is 0 Å². The first-order valence-electron chi connectivity index (χ1n) is 7.18. The SMILES string of the molecule is Cc1cc(C)cc(OCCCCCNC2CC2)c1. The summed E-state index contributed by atoms with van der Waals surface area (Å²) < 4.78 is 5.79. The van der Waals surface area contributed by atoms with Crippen molar-refractivity contribution in [2.75, 3.05) is 13.2 Å². The maximum atomic E-state index is 5.79. The Morgan fingerprint density at radius 3 is 2.44 bits per heavy atom. The molecule has 0 amide bonds. The average molecular weight is 247 g/mol. The molecule has 2 heteroatoms. The van der Waals surface area contributed by atoms with Gasteiger partial charge < -0.3 is 10.1 Å². The second kappa shape index (κ2) is 6.79. The first-order chi connectivity index (χ1) is 8.74. The Hall–Kier alpha value is -1.02. The van der Waals surface area contributed by atoms with Crippen LogP contribution >= 0.6 is 0 Å². The van der Waals surface area contributed by atoms with Crippen LogP contribution in [0.5, 0.6) is 5.75 Å². The van der Waals surface area contributed by atoms with Crippen LogP contribution in [0.3, 0.4) is 0 Å². The van der Waals surface area contributed by atoms with E-state index in [1.807, 2.05) is 0 Å². The standard InChI is InChI=1S/C16H25NO/c1-13-10-14(2)12-16(11-13)18-9-5-3-4-8-17-15-6-7-15/h10-12,15,17H,3-9H2,1-2H3. The van der Waals surface area contributed by atoms with Crippen molar-refractivity contribution in [3.63, 3.8) is 0 Å². The van der Waals surface area contributed by atoms with Gasteiger partial charge in [0.25, 0.3) is 0 Å². The zero-order valence-corrected chi connectivity index (χ0v) is 11.7. The lowest BCUT2D eigenvalue weighted by atomic mass is 10.1. The Labute approximate surface area is 111 Å². The van der Waals surface area contributed by atoms with E-state index in [1.165, 1.54) is 43.4 Å². The van der Waals surface area contributed by atoms with Crippen LogP contribution in [0, 0.1) is 13.8 Å².